The molecule has 0 aliphatic carbocycles. The summed E-state index contributed by atoms with van der Waals surface area (Å²) in [4.78, 5) is 13.1. The molecule has 0 fully saturated rings. The van der Waals surface area contributed by atoms with Crippen LogP contribution in [0.1, 0.15) is 10.4 Å². The maximum absolute atomic E-state index is 13.3. The number of amides is 1. The summed E-state index contributed by atoms with van der Waals surface area (Å²) in [5.41, 5.74) is 1.89. The molecule has 3 aromatic rings. The number of rotatable bonds is 6. The maximum Gasteiger partial charge on any atom is 0.288 e. The normalized spacial score (nSPS) is 10.8. The van der Waals surface area contributed by atoms with Crippen molar-refractivity contribution in [3.63, 3.8) is 0 Å². The number of halogens is 4. The number of benzene rings is 3. The molecule has 3 aromatic carbocycles. The van der Waals surface area contributed by atoms with Crippen LogP contribution in [0.25, 0.3) is 0 Å². The lowest BCUT2D eigenvalue weighted by Crippen LogP contribution is -2.14. The van der Waals surface area contributed by atoms with Crippen LogP contribution < -0.4 is 10.6 Å². The molecule has 0 saturated carbocycles. The Hall–Kier alpha value is -2.64. The monoisotopic (exact) mass is 422 g/mol. The van der Waals surface area contributed by atoms with Crippen molar-refractivity contribution in [1.82, 2.24) is 0 Å². The smallest absolute Gasteiger partial charge is 0.288 e. The maximum atomic E-state index is 13.3. The van der Waals surface area contributed by atoms with E-state index in [0.29, 0.717) is 39.3 Å². The zero-order chi connectivity index (χ0) is 20.1. The van der Waals surface area contributed by atoms with Gasteiger partial charge in [0.05, 0.1) is 16.3 Å². The lowest BCUT2D eigenvalue weighted by atomic mass is 10.1. The van der Waals surface area contributed by atoms with Crippen LogP contribution in [-0.2, 0) is 0 Å². The topological polar surface area (TPSA) is 41.1 Å². The van der Waals surface area contributed by atoms with Gasteiger partial charge >= 0.3 is 0 Å². The predicted octanol–water partition coefficient (Wildman–Crippen LogP) is 6.79. The highest BCUT2D eigenvalue weighted by molar-refractivity contribution is 7.99. The van der Waals surface area contributed by atoms with Crippen LogP contribution in [0.15, 0.2) is 71.6 Å². The third-order valence-corrected chi connectivity index (χ3v) is 4.72. The highest BCUT2D eigenvalue weighted by Crippen LogP contribution is 2.28. The fourth-order valence-electron chi connectivity index (χ4n) is 2.44. The van der Waals surface area contributed by atoms with Gasteiger partial charge in [-0.05, 0) is 54.6 Å². The van der Waals surface area contributed by atoms with Gasteiger partial charge < -0.3 is 10.6 Å². The molecule has 0 atom stereocenters. The minimum absolute atomic E-state index is 0.0917. The number of anilines is 3. The minimum atomic E-state index is -2.48. The number of carbonyl (C=O) groups excluding carboxylic acids is 1. The van der Waals surface area contributed by atoms with Crippen LogP contribution >= 0.6 is 23.4 Å². The number of alkyl halides is 2. The van der Waals surface area contributed by atoms with Crippen LogP contribution in [0.5, 0.6) is 0 Å². The molecule has 0 saturated heterocycles. The molecule has 8 heteroatoms. The summed E-state index contributed by atoms with van der Waals surface area (Å²) in [6.45, 7) is 0. The lowest BCUT2D eigenvalue weighted by Gasteiger charge is -2.13. The number of para-hydroxylation sites is 1. The lowest BCUT2D eigenvalue weighted by molar-refractivity contribution is 0.102. The second-order valence-corrected chi connectivity index (χ2v) is 7.13. The molecular weight excluding hydrogens is 409 g/mol. The summed E-state index contributed by atoms with van der Waals surface area (Å²) in [6, 6.07) is 17.2. The van der Waals surface area contributed by atoms with Crippen LogP contribution in [0, 0.1) is 5.82 Å². The highest BCUT2D eigenvalue weighted by atomic mass is 35.5. The van der Waals surface area contributed by atoms with Crippen LogP contribution in [0.4, 0.5) is 30.2 Å². The van der Waals surface area contributed by atoms with Gasteiger partial charge in [-0.3, -0.25) is 4.79 Å². The number of carbonyl (C=O) groups is 1. The summed E-state index contributed by atoms with van der Waals surface area (Å²) in [5.74, 6) is -3.46. The van der Waals surface area contributed by atoms with E-state index in [0.717, 1.165) is 0 Å². The molecule has 0 aliphatic rings. The summed E-state index contributed by atoms with van der Waals surface area (Å²) < 4.78 is 38.1. The van der Waals surface area contributed by atoms with Crippen LogP contribution in [-0.4, -0.2) is 11.7 Å². The molecule has 0 aromatic heterocycles. The molecule has 0 aliphatic heterocycles. The Morgan fingerprint density at radius 1 is 0.964 bits per heavy atom. The molecule has 1 amide bonds. The Kier molecular flexibility index (Phi) is 6.49. The Morgan fingerprint density at radius 3 is 2.32 bits per heavy atom. The molecular formula is C20H14ClF3N2OS. The summed E-state index contributed by atoms with van der Waals surface area (Å²) >= 11 is 6.20. The Labute approximate surface area is 168 Å². The number of nitrogens with one attached hydrogen (secondary N) is 2. The number of hydrogen-bond donors (Lipinski definition) is 2. The summed E-state index contributed by atoms with van der Waals surface area (Å²) in [5, 5.41) is 5.67. The summed E-state index contributed by atoms with van der Waals surface area (Å²) in [6.07, 6.45) is 0. The SMILES string of the molecule is O=C(Nc1ccc(F)c(Cl)c1)c1ccccc1Nc1ccc(SC(F)F)cc1. The zero-order valence-corrected chi connectivity index (χ0v) is 15.8. The van der Waals surface area contributed by atoms with E-state index in [-0.39, 0.29) is 5.02 Å². The molecule has 0 bridgehead atoms. The quantitative estimate of drug-likeness (QED) is 0.430. The van der Waals surface area contributed by atoms with Gasteiger partial charge in [0.25, 0.3) is 11.7 Å². The molecule has 3 rings (SSSR count). The van der Waals surface area contributed by atoms with E-state index in [1.54, 1.807) is 48.5 Å². The van der Waals surface area contributed by atoms with Gasteiger partial charge in [-0.15, -0.1) is 0 Å². The van der Waals surface area contributed by atoms with Crippen molar-refractivity contribution in [3.8, 4) is 0 Å². The van der Waals surface area contributed by atoms with E-state index in [2.05, 4.69) is 10.6 Å². The van der Waals surface area contributed by atoms with E-state index in [9.17, 15) is 18.0 Å². The zero-order valence-electron chi connectivity index (χ0n) is 14.3. The average Bonchev–Trinajstić information content (AvgIpc) is 2.66. The van der Waals surface area contributed by atoms with E-state index < -0.39 is 17.5 Å². The van der Waals surface area contributed by atoms with Gasteiger partial charge in [-0.2, -0.15) is 8.78 Å². The fraction of sp³-hybridized carbons (Fsp3) is 0.0500. The van der Waals surface area contributed by atoms with Crippen molar-refractivity contribution >= 4 is 46.3 Å². The van der Waals surface area contributed by atoms with Crippen molar-refractivity contribution in [2.45, 2.75) is 10.7 Å². The second-order valence-electron chi connectivity index (χ2n) is 5.66. The van der Waals surface area contributed by atoms with E-state index in [1.165, 1.54) is 18.2 Å². The average molecular weight is 423 g/mol. The van der Waals surface area contributed by atoms with Crippen molar-refractivity contribution < 1.29 is 18.0 Å². The van der Waals surface area contributed by atoms with Crippen molar-refractivity contribution in [1.29, 1.82) is 0 Å². The number of thioether (sulfide) groups is 1. The van der Waals surface area contributed by atoms with Crippen molar-refractivity contribution in [3.05, 3.63) is 83.1 Å². The first kappa shape index (κ1) is 20.1. The van der Waals surface area contributed by atoms with Gasteiger partial charge in [-0.25, -0.2) is 4.39 Å². The van der Waals surface area contributed by atoms with Crippen molar-refractivity contribution in [2.75, 3.05) is 10.6 Å². The Balaban J connectivity index is 1.76. The fourth-order valence-corrected chi connectivity index (χ4v) is 3.12. The van der Waals surface area contributed by atoms with Gasteiger partial charge in [0.1, 0.15) is 5.82 Å². The third-order valence-electron chi connectivity index (χ3n) is 3.71. The van der Waals surface area contributed by atoms with E-state index in [1.807, 2.05) is 0 Å². The first-order chi connectivity index (χ1) is 13.4. The molecule has 28 heavy (non-hydrogen) atoms. The first-order valence-corrected chi connectivity index (χ1v) is 9.35. The van der Waals surface area contributed by atoms with Crippen LogP contribution in [0.2, 0.25) is 5.02 Å². The van der Waals surface area contributed by atoms with Crippen LogP contribution in [0.3, 0.4) is 0 Å². The molecule has 0 spiro atoms. The largest absolute Gasteiger partial charge is 0.355 e. The van der Waals surface area contributed by atoms with E-state index in [4.69, 9.17) is 11.6 Å². The molecule has 0 unspecified atom stereocenters. The van der Waals surface area contributed by atoms with Gasteiger partial charge in [0.2, 0.25) is 0 Å². The standard InChI is InChI=1S/C20H14ClF3N2OS/c21-16-11-13(7-10-17(16)22)26-19(27)15-3-1-2-4-18(15)25-12-5-8-14(9-6-12)28-20(23)24/h1-11,20,25H,(H,26,27). The Morgan fingerprint density at radius 2 is 1.64 bits per heavy atom. The molecule has 0 heterocycles. The first-order valence-electron chi connectivity index (χ1n) is 8.10. The molecule has 144 valence electrons. The second kappa shape index (κ2) is 9.03. The predicted molar refractivity (Wildman–Crippen MR) is 107 cm³/mol. The van der Waals surface area contributed by atoms with Gasteiger partial charge in [0, 0.05) is 16.3 Å². The minimum Gasteiger partial charge on any atom is -0.355 e. The molecule has 2 N–H and O–H groups in total. The molecule has 0 radical (unpaired) electrons. The highest BCUT2D eigenvalue weighted by Gasteiger charge is 2.13. The Bertz CT molecular complexity index is 983. The van der Waals surface area contributed by atoms with E-state index >= 15 is 0 Å². The summed E-state index contributed by atoms with van der Waals surface area (Å²) in [7, 11) is 0. The molecule has 3 nitrogen and oxygen atoms in total. The third kappa shape index (κ3) is 5.21. The van der Waals surface area contributed by atoms with Gasteiger partial charge in [-0.1, -0.05) is 35.5 Å². The number of hydrogen-bond acceptors (Lipinski definition) is 3. The van der Waals surface area contributed by atoms with Gasteiger partial charge in [0.15, 0.2) is 0 Å². The van der Waals surface area contributed by atoms with Crippen molar-refractivity contribution in [2.24, 2.45) is 0 Å².